The smallest absolute Gasteiger partial charge is 0.137 e. The van der Waals surface area contributed by atoms with E-state index in [1.807, 2.05) is 6.20 Å². The highest BCUT2D eigenvalue weighted by Crippen LogP contribution is 2.40. The summed E-state index contributed by atoms with van der Waals surface area (Å²) in [4.78, 5) is 4.91. The molecule has 0 saturated heterocycles. The van der Waals surface area contributed by atoms with Crippen molar-refractivity contribution < 1.29 is 4.74 Å². The maximum Gasteiger partial charge on any atom is 0.137 e. The standard InChI is InChI=1S/C46H50N4O/c1-11-30(3)44-43(32-15-13-12-14-16-32)31(4)48-50(44)35-23-29(2)24-37(27-35)51-36-18-19-38-39-25-33(45(5,6)7)17-20-40(39)49(41(38)28-36)42-26-34(21-22-47-42)46(8,9)10/h12-28,30H,11H2,1-10H3. The van der Waals surface area contributed by atoms with Gasteiger partial charge >= 0.3 is 0 Å². The first-order valence-corrected chi connectivity index (χ1v) is 18.2. The molecular formula is C46H50N4O. The third-order valence-corrected chi connectivity index (χ3v) is 10.2. The fourth-order valence-corrected chi connectivity index (χ4v) is 7.18. The number of rotatable bonds is 7. The van der Waals surface area contributed by atoms with Gasteiger partial charge < -0.3 is 4.74 Å². The normalized spacial score (nSPS) is 12.9. The van der Waals surface area contributed by atoms with Crippen molar-refractivity contribution in [3.8, 4) is 34.1 Å². The highest BCUT2D eigenvalue weighted by Gasteiger charge is 2.24. The van der Waals surface area contributed by atoms with Gasteiger partial charge in [0.1, 0.15) is 17.3 Å². The Balaban J connectivity index is 1.36. The summed E-state index contributed by atoms with van der Waals surface area (Å²) >= 11 is 0. The van der Waals surface area contributed by atoms with Gasteiger partial charge in [-0.05, 0) is 108 Å². The van der Waals surface area contributed by atoms with Crippen LogP contribution in [0, 0.1) is 13.8 Å². The van der Waals surface area contributed by atoms with Crippen LogP contribution in [0.5, 0.6) is 11.5 Å². The molecule has 5 nitrogen and oxygen atoms in total. The number of aromatic nitrogens is 4. The van der Waals surface area contributed by atoms with E-state index in [-0.39, 0.29) is 10.8 Å². The number of benzene rings is 4. The Hall–Kier alpha value is -5.16. The van der Waals surface area contributed by atoms with Crippen LogP contribution in [-0.2, 0) is 10.8 Å². The molecule has 1 atom stereocenters. The summed E-state index contributed by atoms with van der Waals surface area (Å²) in [5.74, 6) is 2.77. The van der Waals surface area contributed by atoms with E-state index in [1.165, 1.54) is 38.7 Å². The van der Waals surface area contributed by atoms with Crippen molar-refractivity contribution in [2.45, 2.75) is 92.4 Å². The second-order valence-electron chi connectivity index (χ2n) is 16.2. The van der Waals surface area contributed by atoms with Crippen LogP contribution in [0.4, 0.5) is 0 Å². The monoisotopic (exact) mass is 674 g/mol. The van der Waals surface area contributed by atoms with Crippen LogP contribution in [0.15, 0.2) is 103 Å². The minimum absolute atomic E-state index is 0.00321. The predicted molar refractivity (Wildman–Crippen MR) is 213 cm³/mol. The van der Waals surface area contributed by atoms with Crippen molar-refractivity contribution in [3.63, 3.8) is 0 Å². The summed E-state index contributed by atoms with van der Waals surface area (Å²) in [6.45, 7) is 22.3. The Labute approximate surface area is 302 Å². The van der Waals surface area contributed by atoms with Gasteiger partial charge in [0.15, 0.2) is 0 Å². The zero-order valence-corrected chi connectivity index (χ0v) is 31.8. The lowest BCUT2D eigenvalue weighted by Crippen LogP contribution is -2.12. The Morgan fingerprint density at radius 1 is 0.706 bits per heavy atom. The molecule has 0 amide bonds. The first kappa shape index (κ1) is 34.3. The minimum Gasteiger partial charge on any atom is -0.457 e. The minimum atomic E-state index is -0.00321. The number of pyridine rings is 1. The van der Waals surface area contributed by atoms with Gasteiger partial charge in [-0.25, -0.2) is 9.67 Å². The average Bonchev–Trinajstić information content (AvgIpc) is 3.61. The lowest BCUT2D eigenvalue weighted by molar-refractivity contribution is 0.482. The van der Waals surface area contributed by atoms with Gasteiger partial charge in [0, 0.05) is 34.7 Å². The lowest BCUT2D eigenvalue weighted by Gasteiger charge is -2.20. The van der Waals surface area contributed by atoms with Crippen molar-refractivity contribution in [1.29, 1.82) is 0 Å². The number of hydrogen-bond acceptors (Lipinski definition) is 3. The van der Waals surface area contributed by atoms with Gasteiger partial charge in [-0.1, -0.05) is 91.8 Å². The van der Waals surface area contributed by atoms with Crippen LogP contribution in [0.1, 0.15) is 95.8 Å². The Morgan fingerprint density at radius 3 is 2.14 bits per heavy atom. The second-order valence-corrected chi connectivity index (χ2v) is 16.2. The summed E-state index contributed by atoms with van der Waals surface area (Å²) in [6, 6.07) is 34.7. The molecule has 1 unspecified atom stereocenters. The highest BCUT2D eigenvalue weighted by molar-refractivity contribution is 6.09. The molecule has 5 heteroatoms. The van der Waals surface area contributed by atoms with Crippen LogP contribution in [0.3, 0.4) is 0 Å². The Bertz CT molecular complexity index is 2380. The van der Waals surface area contributed by atoms with Crippen molar-refractivity contribution in [2.24, 2.45) is 0 Å². The maximum absolute atomic E-state index is 6.75. The molecule has 0 aliphatic heterocycles. The summed E-state index contributed by atoms with van der Waals surface area (Å²) in [5, 5.41) is 7.51. The topological polar surface area (TPSA) is 44.9 Å². The summed E-state index contributed by atoms with van der Waals surface area (Å²) in [6.07, 6.45) is 2.94. The van der Waals surface area contributed by atoms with E-state index < -0.39 is 0 Å². The van der Waals surface area contributed by atoms with Gasteiger partial charge in [-0.2, -0.15) is 5.10 Å². The van der Waals surface area contributed by atoms with E-state index >= 15 is 0 Å². The fraction of sp³-hybridized carbons (Fsp3) is 0.304. The highest BCUT2D eigenvalue weighted by atomic mass is 16.5. The first-order valence-electron chi connectivity index (χ1n) is 18.2. The molecule has 0 saturated carbocycles. The molecule has 0 radical (unpaired) electrons. The van der Waals surface area contributed by atoms with Crippen molar-refractivity contribution in [1.82, 2.24) is 19.3 Å². The van der Waals surface area contributed by atoms with Crippen molar-refractivity contribution in [3.05, 3.63) is 131 Å². The third kappa shape index (κ3) is 6.46. The molecule has 0 aliphatic carbocycles. The molecule has 0 N–H and O–H groups in total. The summed E-state index contributed by atoms with van der Waals surface area (Å²) < 4.78 is 11.2. The molecule has 260 valence electrons. The third-order valence-electron chi connectivity index (χ3n) is 10.2. The summed E-state index contributed by atoms with van der Waals surface area (Å²) in [5.41, 5.74) is 11.5. The largest absolute Gasteiger partial charge is 0.457 e. The van der Waals surface area contributed by atoms with Gasteiger partial charge in [-0.15, -0.1) is 0 Å². The van der Waals surface area contributed by atoms with E-state index in [2.05, 4.69) is 176 Å². The average molecular weight is 675 g/mol. The Kier molecular flexibility index (Phi) is 8.65. The molecule has 4 aromatic carbocycles. The van der Waals surface area contributed by atoms with E-state index in [1.54, 1.807) is 0 Å². The van der Waals surface area contributed by atoms with Gasteiger partial charge in [0.2, 0.25) is 0 Å². The van der Waals surface area contributed by atoms with E-state index in [4.69, 9.17) is 14.8 Å². The quantitative estimate of drug-likeness (QED) is 0.169. The number of fused-ring (bicyclic) bond motifs is 3. The Morgan fingerprint density at radius 2 is 1.43 bits per heavy atom. The molecule has 0 aliphatic rings. The van der Waals surface area contributed by atoms with Gasteiger partial charge in [-0.3, -0.25) is 4.57 Å². The van der Waals surface area contributed by atoms with Gasteiger partial charge in [0.25, 0.3) is 0 Å². The molecule has 7 rings (SSSR count). The molecule has 3 aromatic heterocycles. The molecule has 0 spiro atoms. The molecule has 51 heavy (non-hydrogen) atoms. The molecule has 7 aromatic rings. The van der Waals surface area contributed by atoms with Gasteiger partial charge in [0.05, 0.1) is 28.1 Å². The predicted octanol–water partition coefficient (Wildman–Crippen LogP) is 12.5. The zero-order valence-electron chi connectivity index (χ0n) is 31.8. The maximum atomic E-state index is 6.75. The van der Waals surface area contributed by atoms with E-state index in [0.29, 0.717) is 5.92 Å². The van der Waals surface area contributed by atoms with Crippen LogP contribution in [0.25, 0.3) is 44.4 Å². The van der Waals surface area contributed by atoms with Crippen LogP contribution in [-0.4, -0.2) is 19.3 Å². The lowest BCUT2D eigenvalue weighted by atomic mass is 9.86. The van der Waals surface area contributed by atoms with Crippen LogP contribution < -0.4 is 4.74 Å². The molecule has 0 bridgehead atoms. The van der Waals surface area contributed by atoms with E-state index in [9.17, 15) is 0 Å². The number of aryl methyl sites for hydroxylation is 2. The van der Waals surface area contributed by atoms with Crippen molar-refractivity contribution in [2.75, 3.05) is 0 Å². The molecular weight excluding hydrogens is 625 g/mol. The zero-order chi connectivity index (χ0) is 36.2. The number of nitrogens with zero attached hydrogens (tertiary/aromatic N) is 4. The van der Waals surface area contributed by atoms with Crippen LogP contribution >= 0.6 is 0 Å². The van der Waals surface area contributed by atoms with Crippen LogP contribution in [0.2, 0.25) is 0 Å². The molecule has 3 heterocycles. The van der Waals surface area contributed by atoms with E-state index in [0.717, 1.165) is 51.7 Å². The number of ether oxygens (including phenoxy) is 1. The second kappa shape index (κ2) is 12.9. The SMILES string of the molecule is CCC(C)c1c(-c2ccccc2)c(C)nn1-c1cc(C)cc(Oc2ccc3c4cc(C(C)(C)C)ccc4n(-c4cc(C(C)(C)C)ccn4)c3c2)c1. The fourth-order valence-electron chi connectivity index (χ4n) is 7.18. The van der Waals surface area contributed by atoms with Crippen molar-refractivity contribution >= 4 is 21.8 Å². The number of hydrogen-bond donors (Lipinski definition) is 0. The summed E-state index contributed by atoms with van der Waals surface area (Å²) in [7, 11) is 0. The first-order chi connectivity index (χ1) is 24.2. The molecule has 0 fully saturated rings.